The van der Waals surface area contributed by atoms with Crippen LogP contribution in [0.15, 0.2) is 70.0 Å². The predicted molar refractivity (Wildman–Crippen MR) is 133 cm³/mol. The van der Waals surface area contributed by atoms with Gasteiger partial charge in [0.25, 0.3) is 11.5 Å². The molecule has 34 heavy (non-hydrogen) atoms. The van der Waals surface area contributed by atoms with Gasteiger partial charge in [-0.1, -0.05) is 29.3 Å². The molecule has 9 nitrogen and oxygen atoms in total. The molecule has 0 atom stereocenters. The van der Waals surface area contributed by atoms with Gasteiger partial charge >= 0.3 is 5.69 Å². The lowest BCUT2D eigenvalue weighted by atomic mass is 10.1. The Kier molecular flexibility index (Phi) is 6.78. The maximum absolute atomic E-state index is 13.2. The number of nitrogens with zero attached hydrogens (tertiary/aromatic N) is 3. The minimum absolute atomic E-state index is 0.0191. The van der Waals surface area contributed by atoms with E-state index in [2.05, 4.69) is 16.2 Å². The van der Waals surface area contributed by atoms with Crippen LogP contribution < -0.4 is 27.4 Å². The SMILES string of the molecule is CNN1C=C(CNC(=O)c2ccc3c(c2)c(=O)n(Cc2ccc(Cl)c(Cl)c2)c(=O)n3C)C=CN1. The predicted octanol–water partition coefficient (Wildman–Crippen LogP) is 2.14. The van der Waals surface area contributed by atoms with E-state index in [1.165, 1.54) is 10.6 Å². The summed E-state index contributed by atoms with van der Waals surface area (Å²) in [7, 11) is 3.34. The van der Waals surface area contributed by atoms with E-state index in [9.17, 15) is 14.4 Å². The maximum atomic E-state index is 13.2. The number of aryl methyl sites for hydroxylation is 1. The van der Waals surface area contributed by atoms with E-state index in [0.717, 1.165) is 10.1 Å². The Morgan fingerprint density at radius 2 is 1.88 bits per heavy atom. The van der Waals surface area contributed by atoms with Crippen molar-refractivity contribution >= 4 is 40.0 Å². The highest BCUT2D eigenvalue weighted by Crippen LogP contribution is 2.22. The van der Waals surface area contributed by atoms with Crippen molar-refractivity contribution < 1.29 is 4.79 Å². The molecule has 0 radical (unpaired) electrons. The number of amides is 1. The highest BCUT2D eigenvalue weighted by atomic mass is 35.5. The summed E-state index contributed by atoms with van der Waals surface area (Å²) in [5.41, 5.74) is 7.18. The topological polar surface area (TPSA) is 100 Å². The minimum Gasteiger partial charge on any atom is -0.348 e. The monoisotopic (exact) mass is 500 g/mol. The highest BCUT2D eigenvalue weighted by Gasteiger charge is 2.15. The Hall–Kier alpha value is -3.53. The molecule has 1 aromatic heterocycles. The second kappa shape index (κ2) is 9.76. The molecule has 0 saturated carbocycles. The van der Waals surface area contributed by atoms with Crippen LogP contribution in [0, 0.1) is 0 Å². The molecule has 11 heteroatoms. The standard InChI is InChI=1S/C23H22Cl2N6O3/c1-26-31-13-15(7-8-28-31)11-27-21(32)16-4-6-20-17(10-16)22(33)30(23(34)29(20)2)12-14-3-5-18(24)19(25)9-14/h3-10,13,26,28H,11-12H2,1-2H3,(H,27,32). The van der Waals surface area contributed by atoms with E-state index >= 15 is 0 Å². The van der Waals surface area contributed by atoms with Crippen LogP contribution in [0.25, 0.3) is 10.9 Å². The summed E-state index contributed by atoms with van der Waals surface area (Å²) < 4.78 is 2.49. The van der Waals surface area contributed by atoms with Crippen molar-refractivity contribution in [2.24, 2.45) is 7.05 Å². The molecule has 3 N–H and O–H groups in total. The summed E-state index contributed by atoms with van der Waals surface area (Å²) in [6.45, 7) is 0.313. The molecule has 4 rings (SSSR count). The number of rotatable bonds is 6. The summed E-state index contributed by atoms with van der Waals surface area (Å²) in [5, 5.41) is 5.47. The third-order valence-electron chi connectivity index (χ3n) is 5.44. The first-order valence-corrected chi connectivity index (χ1v) is 11.1. The fourth-order valence-electron chi connectivity index (χ4n) is 3.61. The molecular weight excluding hydrogens is 479 g/mol. The number of aromatic nitrogens is 2. The van der Waals surface area contributed by atoms with Gasteiger partial charge in [-0.15, -0.1) is 0 Å². The van der Waals surface area contributed by atoms with Gasteiger partial charge in [-0.25, -0.2) is 15.3 Å². The summed E-state index contributed by atoms with van der Waals surface area (Å²) in [6, 6.07) is 9.62. The average molecular weight is 501 g/mol. The molecule has 1 aliphatic heterocycles. The van der Waals surface area contributed by atoms with Gasteiger partial charge in [0.2, 0.25) is 0 Å². The van der Waals surface area contributed by atoms with Gasteiger partial charge in [0.1, 0.15) is 0 Å². The molecule has 0 aliphatic carbocycles. The van der Waals surface area contributed by atoms with Crippen molar-refractivity contribution in [3.05, 3.63) is 102 Å². The van der Waals surface area contributed by atoms with Crippen molar-refractivity contribution in [3.63, 3.8) is 0 Å². The lowest BCUT2D eigenvalue weighted by molar-refractivity contribution is 0.0957. The molecule has 0 unspecified atom stereocenters. The number of hydrogen-bond acceptors (Lipinski definition) is 6. The van der Waals surface area contributed by atoms with Crippen LogP contribution in [0.1, 0.15) is 15.9 Å². The van der Waals surface area contributed by atoms with E-state index in [1.807, 2.05) is 6.08 Å². The Labute approximate surface area is 204 Å². The van der Waals surface area contributed by atoms with Crippen molar-refractivity contribution in [2.45, 2.75) is 6.54 Å². The Morgan fingerprint density at radius 3 is 2.62 bits per heavy atom. The van der Waals surface area contributed by atoms with Gasteiger partial charge in [-0.3, -0.25) is 24.1 Å². The van der Waals surface area contributed by atoms with Gasteiger partial charge in [-0.2, -0.15) is 0 Å². The number of hydrogen-bond donors (Lipinski definition) is 3. The molecule has 0 saturated heterocycles. The van der Waals surface area contributed by atoms with E-state index < -0.39 is 11.2 Å². The summed E-state index contributed by atoms with van der Waals surface area (Å²) in [5.74, 6) is -0.338. The zero-order valence-corrected chi connectivity index (χ0v) is 19.9. The van der Waals surface area contributed by atoms with E-state index in [4.69, 9.17) is 23.2 Å². The molecule has 0 spiro atoms. The Morgan fingerprint density at radius 1 is 1.09 bits per heavy atom. The first-order chi connectivity index (χ1) is 16.3. The maximum Gasteiger partial charge on any atom is 0.331 e. The molecule has 1 amide bonds. The van der Waals surface area contributed by atoms with Crippen molar-refractivity contribution in [1.29, 1.82) is 0 Å². The molecule has 2 aromatic carbocycles. The smallest absolute Gasteiger partial charge is 0.331 e. The number of carbonyl (C=O) groups excluding carboxylic acids is 1. The molecule has 2 heterocycles. The van der Waals surface area contributed by atoms with Crippen LogP contribution in [0.2, 0.25) is 10.0 Å². The zero-order valence-electron chi connectivity index (χ0n) is 18.4. The van der Waals surface area contributed by atoms with Crippen LogP contribution in [0.4, 0.5) is 0 Å². The quantitative estimate of drug-likeness (QED) is 0.479. The normalized spacial score (nSPS) is 13.1. The largest absolute Gasteiger partial charge is 0.348 e. The number of benzene rings is 2. The fraction of sp³-hybridized carbons (Fsp3) is 0.174. The summed E-state index contributed by atoms with van der Waals surface area (Å²) in [4.78, 5) is 38.9. The van der Waals surface area contributed by atoms with Crippen molar-refractivity contribution in [3.8, 4) is 0 Å². The average Bonchev–Trinajstić information content (AvgIpc) is 2.85. The second-order valence-electron chi connectivity index (χ2n) is 7.66. The number of hydrazine groups is 2. The van der Waals surface area contributed by atoms with Gasteiger partial charge in [0, 0.05) is 38.6 Å². The third kappa shape index (κ3) is 4.72. The summed E-state index contributed by atoms with van der Waals surface area (Å²) >= 11 is 12.0. The molecule has 0 fully saturated rings. The molecule has 1 aliphatic rings. The third-order valence-corrected chi connectivity index (χ3v) is 6.18. The molecule has 3 aromatic rings. The van der Waals surface area contributed by atoms with Crippen LogP contribution in [0.5, 0.6) is 0 Å². The lowest BCUT2D eigenvalue weighted by Gasteiger charge is -2.23. The first kappa shape index (κ1) is 23.6. The number of fused-ring (bicyclic) bond motifs is 1. The number of carbonyl (C=O) groups is 1. The van der Waals surface area contributed by atoms with Gasteiger partial charge in [0.05, 0.1) is 27.5 Å². The zero-order chi connectivity index (χ0) is 24.4. The van der Waals surface area contributed by atoms with Crippen LogP contribution in [0.3, 0.4) is 0 Å². The summed E-state index contributed by atoms with van der Waals surface area (Å²) in [6.07, 6.45) is 5.38. The van der Waals surface area contributed by atoms with E-state index in [-0.39, 0.29) is 17.8 Å². The molecule has 176 valence electrons. The van der Waals surface area contributed by atoms with Crippen molar-refractivity contribution in [2.75, 3.05) is 13.6 Å². The molecule has 0 bridgehead atoms. The minimum atomic E-state index is -0.493. The van der Waals surface area contributed by atoms with E-state index in [0.29, 0.717) is 33.2 Å². The Bertz CT molecular complexity index is 1460. The van der Waals surface area contributed by atoms with Crippen LogP contribution in [-0.2, 0) is 13.6 Å². The molecular formula is C23H22Cl2N6O3. The number of halogens is 2. The van der Waals surface area contributed by atoms with Gasteiger partial charge in [-0.05, 0) is 47.5 Å². The first-order valence-electron chi connectivity index (χ1n) is 10.3. The van der Waals surface area contributed by atoms with E-state index in [1.54, 1.807) is 61.9 Å². The number of nitrogens with one attached hydrogen (secondary N) is 3. The Balaban J connectivity index is 1.64. The lowest BCUT2D eigenvalue weighted by Crippen LogP contribution is -2.41. The van der Waals surface area contributed by atoms with Gasteiger partial charge < -0.3 is 5.32 Å². The van der Waals surface area contributed by atoms with Crippen LogP contribution in [-0.4, -0.2) is 33.8 Å². The second-order valence-corrected chi connectivity index (χ2v) is 8.47. The van der Waals surface area contributed by atoms with Crippen molar-refractivity contribution in [1.82, 2.24) is 30.4 Å². The van der Waals surface area contributed by atoms with Gasteiger partial charge in [0.15, 0.2) is 0 Å². The van der Waals surface area contributed by atoms with Crippen LogP contribution >= 0.6 is 23.2 Å². The fourth-order valence-corrected chi connectivity index (χ4v) is 3.93. The highest BCUT2D eigenvalue weighted by molar-refractivity contribution is 6.42.